The highest BCUT2D eigenvalue weighted by Gasteiger charge is 2.59. The predicted molar refractivity (Wildman–Crippen MR) is 119 cm³/mol. The minimum Gasteiger partial charge on any atom is -0.393 e. The largest absolute Gasteiger partial charge is 0.393 e. The minimum absolute atomic E-state index is 0.0766. The van der Waals surface area contributed by atoms with Crippen LogP contribution in [0.5, 0.6) is 0 Å². The molecule has 0 bridgehead atoms. The van der Waals surface area contributed by atoms with Crippen LogP contribution in [0.2, 0.25) is 0 Å². The van der Waals surface area contributed by atoms with Crippen LogP contribution in [0.1, 0.15) is 105 Å². The van der Waals surface area contributed by atoms with Gasteiger partial charge in [-0.05, 0) is 97.7 Å². The number of hydrogen-bond donors (Lipinski definition) is 1. The summed E-state index contributed by atoms with van der Waals surface area (Å²) in [6.45, 7) is 12.6. The first-order chi connectivity index (χ1) is 13.3. The molecule has 8 atom stereocenters. The average molecular weight is 387 g/mol. The van der Waals surface area contributed by atoms with Crippen molar-refractivity contribution in [2.75, 3.05) is 0 Å². The van der Waals surface area contributed by atoms with Gasteiger partial charge >= 0.3 is 0 Å². The van der Waals surface area contributed by atoms with Crippen LogP contribution in [0.15, 0.2) is 11.6 Å². The van der Waals surface area contributed by atoms with Gasteiger partial charge in [-0.1, -0.05) is 65.5 Å². The topological polar surface area (TPSA) is 20.2 Å². The van der Waals surface area contributed by atoms with Crippen molar-refractivity contribution in [2.45, 2.75) is 111 Å². The number of hydrogen-bond acceptors (Lipinski definition) is 1. The lowest BCUT2D eigenvalue weighted by Crippen LogP contribution is -2.50. The van der Waals surface area contributed by atoms with Gasteiger partial charge in [-0.2, -0.15) is 0 Å². The molecule has 0 aromatic carbocycles. The SMILES string of the molecule is CC(C)CCCC(C)[C@H]1CC[C@H]2[C@@H]3CC=C4CC(O)CC[C@]4(C)[C@H]3CC[C@]12C. The first kappa shape index (κ1) is 21.0. The van der Waals surface area contributed by atoms with E-state index in [1.54, 1.807) is 5.57 Å². The van der Waals surface area contributed by atoms with Gasteiger partial charge in [-0.3, -0.25) is 0 Å². The van der Waals surface area contributed by atoms with Gasteiger partial charge in [0.2, 0.25) is 0 Å². The summed E-state index contributed by atoms with van der Waals surface area (Å²) in [5.41, 5.74) is 2.60. The second kappa shape index (κ2) is 7.75. The highest BCUT2D eigenvalue weighted by Crippen LogP contribution is 2.67. The fraction of sp³-hybridized carbons (Fsp3) is 0.926. The zero-order valence-corrected chi connectivity index (χ0v) is 19.3. The first-order valence-electron chi connectivity index (χ1n) is 12.6. The molecule has 28 heavy (non-hydrogen) atoms. The molecule has 3 fully saturated rings. The molecular formula is C27H46O. The Balaban J connectivity index is 1.49. The van der Waals surface area contributed by atoms with Crippen molar-refractivity contribution in [3.05, 3.63) is 11.6 Å². The van der Waals surface area contributed by atoms with Crippen LogP contribution in [0.3, 0.4) is 0 Å². The molecular weight excluding hydrogens is 340 g/mol. The van der Waals surface area contributed by atoms with Gasteiger partial charge in [0.1, 0.15) is 0 Å². The summed E-state index contributed by atoms with van der Waals surface area (Å²) in [7, 11) is 0. The summed E-state index contributed by atoms with van der Waals surface area (Å²) in [4.78, 5) is 0. The Morgan fingerprint density at radius 3 is 2.54 bits per heavy atom. The summed E-state index contributed by atoms with van der Waals surface area (Å²) < 4.78 is 0. The molecule has 0 aromatic rings. The molecule has 1 heteroatoms. The standard InChI is InChI=1S/C27H46O/c1-18(2)7-6-8-19(3)23-11-12-24-22-10-9-20-17-21(28)13-15-26(20,4)25(22)14-16-27(23,24)5/h9,18-19,21-25,28H,6-8,10-17H2,1-5H3/t19?,21?,22-,23+,24-,25-,26-,27+/m0/s1. The highest BCUT2D eigenvalue weighted by molar-refractivity contribution is 5.25. The maximum atomic E-state index is 10.2. The number of allylic oxidation sites excluding steroid dienone is 1. The second-order valence-corrected chi connectivity index (χ2v) is 12.2. The van der Waals surface area contributed by atoms with Gasteiger partial charge in [0.05, 0.1) is 6.10 Å². The first-order valence-corrected chi connectivity index (χ1v) is 12.6. The summed E-state index contributed by atoms with van der Waals surface area (Å²) in [5, 5.41) is 10.2. The van der Waals surface area contributed by atoms with Gasteiger partial charge in [0.15, 0.2) is 0 Å². The van der Waals surface area contributed by atoms with Crippen LogP contribution in [0.25, 0.3) is 0 Å². The summed E-state index contributed by atoms with van der Waals surface area (Å²) in [5.74, 6) is 5.46. The van der Waals surface area contributed by atoms with E-state index in [0.29, 0.717) is 10.8 Å². The lowest BCUT2D eigenvalue weighted by Gasteiger charge is -2.58. The Bertz CT molecular complexity index is 591. The molecule has 4 aliphatic carbocycles. The van der Waals surface area contributed by atoms with E-state index in [9.17, 15) is 5.11 Å². The highest BCUT2D eigenvalue weighted by atomic mass is 16.3. The molecule has 0 spiro atoms. The third-order valence-corrected chi connectivity index (χ3v) is 10.3. The molecule has 4 aliphatic rings. The Hall–Kier alpha value is -0.300. The predicted octanol–water partition coefficient (Wildman–Crippen LogP) is 7.39. The van der Waals surface area contributed by atoms with E-state index >= 15 is 0 Å². The lowest BCUT2D eigenvalue weighted by atomic mass is 9.47. The Morgan fingerprint density at radius 1 is 1.00 bits per heavy atom. The van der Waals surface area contributed by atoms with Crippen molar-refractivity contribution in [3.63, 3.8) is 0 Å². The zero-order valence-electron chi connectivity index (χ0n) is 19.3. The van der Waals surface area contributed by atoms with Crippen molar-refractivity contribution in [1.29, 1.82) is 0 Å². The average Bonchev–Trinajstić information content (AvgIpc) is 2.99. The molecule has 0 saturated heterocycles. The molecule has 3 saturated carbocycles. The van der Waals surface area contributed by atoms with Crippen LogP contribution in [-0.4, -0.2) is 11.2 Å². The summed E-state index contributed by atoms with van der Waals surface area (Å²) in [6, 6.07) is 0. The monoisotopic (exact) mass is 386 g/mol. The molecule has 1 N–H and O–H groups in total. The van der Waals surface area contributed by atoms with Crippen molar-refractivity contribution >= 4 is 0 Å². The third-order valence-electron chi connectivity index (χ3n) is 10.3. The van der Waals surface area contributed by atoms with Crippen molar-refractivity contribution in [2.24, 2.45) is 46.3 Å². The zero-order chi connectivity index (χ0) is 20.1. The molecule has 0 amide bonds. The number of rotatable bonds is 5. The molecule has 0 aliphatic heterocycles. The molecule has 4 rings (SSSR count). The molecule has 0 radical (unpaired) electrons. The van der Waals surface area contributed by atoms with E-state index in [1.807, 2.05) is 0 Å². The van der Waals surface area contributed by atoms with Gasteiger partial charge < -0.3 is 5.11 Å². The van der Waals surface area contributed by atoms with Crippen LogP contribution in [-0.2, 0) is 0 Å². The van der Waals surface area contributed by atoms with Crippen molar-refractivity contribution in [3.8, 4) is 0 Å². The molecule has 2 unspecified atom stereocenters. The third kappa shape index (κ3) is 3.42. The maximum absolute atomic E-state index is 10.2. The fourth-order valence-corrected chi connectivity index (χ4v) is 8.67. The van der Waals surface area contributed by atoms with Gasteiger partial charge in [-0.15, -0.1) is 0 Å². The van der Waals surface area contributed by atoms with E-state index in [2.05, 4.69) is 40.7 Å². The van der Waals surface area contributed by atoms with E-state index < -0.39 is 0 Å². The van der Waals surface area contributed by atoms with Crippen molar-refractivity contribution in [1.82, 2.24) is 0 Å². The summed E-state index contributed by atoms with van der Waals surface area (Å²) >= 11 is 0. The Kier molecular flexibility index (Phi) is 5.80. The van der Waals surface area contributed by atoms with Crippen LogP contribution in [0, 0.1) is 46.3 Å². The molecule has 0 heterocycles. The fourth-order valence-electron chi connectivity index (χ4n) is 8.67. The smallest absolute Gasteiger partial charge is 0.0577 e. The van der Waals surface area contributed by atoms with E-state index in [1.165, 1.54) is 57.8 Å². The number of fused-ring (bicyclic) bond motifs is 5. The van der Waals surface area contributed by atoms with Gasteiger partial charge in [0.25, 0.3) is 0 Å². The second-order valence-electron chi connectivity index (χ2n) is 12.2. The normalized spacial score (nSPS) is 46.5. The molecule has 0 aromatic heterocycles. The lowest BCUT2D eigenvalue weighted by molar-refractivity contribution is -0.0573. The van der Waals surface area contributed by atoms with Gasteiger partial charge in [0, 0.05) is 0 Å². The minimum atomic E-state index is -0.0766. The molecule has 160 valence electrons. The molecule has 1 nitrogen and oxygen atoms in total. The van der Waals surface area contributed by atoms with E-state index in [-0.39, 0.29) is 6.10 Å². The Labute approximate surface area is 174 Å². The maximum Gasteiger partial charge on any atom is 0.0577 e. The van der Waals surface area contributed by atoms with E-state index in [4.69, 9.17) is 0 Å². The van der Waals surface area contributed by atoms with Gasteiger partial charge in [-0.25, -0.2) is 0 Å². The van der Waals surface area contributed by atoms with Crippen LogP contribution >= 0.6 is 0 Å². The Morgan fingerprint density at radius 2 is 1.79 bits per heavy atom. The van der Waals surface area contributed by atoms with Crippen LogP contribution < -0.4 is 0 Å². The summed E-state index contributed by atoms with van der Waals surface area (Å²) in [6.07, 6.45) is 17.2. The van der Waals surface area contributed by atoms with Crippen molar-refractivity contribution < 1.29 is 5.11 Å². The quantitative estimate of drug-likeness (QED) is 0.488. The van der Waals surface area contributed by atoms with E-state index in [0.717, 1.165) is 48.3 Å². The van der Waals surface area contributed by atoms with Crippen LogP contribution in [0.4, 0.5) is 0 Å². The number of aliphatic hydroxyl groups excluding tert-OH is 1. The number of aliphatic hydroxyl groups is 1.